The first kappa shape index (κ1) is 18.9. The molecule has 1 aromatic heterocycles. The van der Waals surface area contributed by atoms with Crippen LogP contribution < -0.4 is 10.6 Å². The number of anilines is 1. The van der Waals surface area contributed by atoms with E-state index in [0.29, 0.717) is 13.1 Å². The number of hydrogen-bond acceptors (Lipinski definition) is 4. The van der Waals surface area contributed by atoms with E-state index in [1.165, 1.54) is 11.1 Å². The first-order valence-corrected chi connectivity index (χ1v) is 8.64. The number of hydrogen-bond donors (Lipinski definition) is 2. The summed E-state index contributed by atoms with van der Waals surface area (Å²) in [7, 11) is 1.71. The molecule has 3 rings (SSSR count). The molecular formula is C18H21F3N6. The number of guanidine groups is 1. The van der Waals surface area contributed by atoms with Gasteiger partial charge in [-0.1, -0.05) is 24.3 Å². The molecular weight excluding hydrogens is 357 g/mol. The van der Waals surface area contributed by atoms with Crippen LogP contribution in [-0.2, 0) is 19.1 Å². The summed E-state index contributed by atoms with van der Waals surface area (Å²) in [6.45, 7) is 2.48. The van der Waals surface area contributed by atoms with Crippen molar-refractivity contribution in [2.75, 3.05) is 32.0 Å². The molecule has 2 aromatic rings. The number of nitrogens with one attached hydrogen (secondary N) is 2. The van der Waals surface area contributed by atoms with Gasteiger partial charge in [0.2, 0.25) is 5.95 Å². The van der Waals surface area contributed by atoms with Crippen LogP contribution in [0, 0.1) is 0 Å². The SMILES string of the molecule is CN=C(NCCNc1nccc(C(F)(F)F)n1)N1CCc2ccccc2C1. The smallest absolute Gasteiger partial charge is 0.354 e. The van der Waals surface area contributed by atoms with E-state index in [9.17, 15) is 13.2 Å². The summed E-state index contributed by atoms with van der Waals surface area (Å²) in [6.07, 6.45) is -2.44. The fraction of sp³-hybridized carbons (Fsp3) is 0.389. The molecule has 1 aromatic carbocycles. The zero-order valence-corrected chi connectivity index (χ0v) is 14.9. The third kappa shape index (κ3) is 4.87. The van der Waals surface area contributed by atoms with Gasteiger partial charge in [0.05, 0.1) is 0 Å². The van der Waals surface area contributed by atoms with E-state index < -0.39 is 11.9 Å². The monoisotopic (exact) mass is 378 g/mol. The van der Waals surface area contributed by atoms with Crippen LogP contribution in [0.1, 0.15) is 16.8 Å². The molecule has 2 N–H and O–H groups in total. The van der Waals surface area contributed by atoms with Crippen LogP contribution in [-0.4, -0.2) is 47.5 Å². The van der Waals surface area contributed by atoms with E-state index in [1.807, 2.05) is 12.1 Å². The van der Waals surface area contributed by atoms with Crippen molar-refractivity contribution < 1.29 is 13.2 Å². The van der Waals surface area contributed by atoms with Gasteiger partial charge in [-0.2, -0.15) is 13.2 Å². The second-order valence-electron chi connectivity index (χ2n) is 6.10. The summed E-state index contributed by atoms with van der Waals surface area (Å²) in [6, 6.07) is 9.17. The number of fused-ring (bicyclic) bond motifs is 1. The molecule has 2 heterocycles. The Balaban J connectivity index is 1.50. The van der Waals surface area contributed by atoms with E-state index in [-0.39, 0.29) is 5.95 Å². The van der Waals surface area contributed by atoms with Gasteiger partial charge in [-0.25, -0.2) is 9.97 Å². The van der Waals surface area contributed by atoms with Crippen molar-refractivity contribution in [1.29, 1.82) is 0 Å². The first-order chi connectivity index (χ1) is 13.0. The largest absolute Gasteiger partial charge is 0.433 e. The van der Waals surface area contributed by atoms with Gasteiger partial charge >= 0.3 is 6.18 Å². The molecule has 0 radical (unpaired) electrons. The lowest BCUT2D eigenvalue weighted by Crippen LogP contribution is -2.45. The van der Waals surface area contributed by atoms with Crippen LogP contribution >= 0.6 is 0 Å². The van der Waals surface area contributed by atoms with Gasteiger partial charge in [-0.05, 0) is 23.6 Å². The van der Waals surface area contributed by atoms with Gasteiger partial charge in [0.1, 0.15) is 5.69 Å². The number of halogens is 3. The van der Waals surface area contributed by atoms with Gasteiger partial charge in [-0.15, -0.1) is 0 Å². The highest BCUT2D eigenvalue weighted by molar-refractivity contribution is 5.80. The second-order valence-corrected chi connectivity index (χ2v) is 6.10. The quantitative estimate of drug-likeness (QED) is 0.486. The van der Waals surface area contributed by atoms with Gasteiger partial charge < -0.3 is 15.5 Å². The Morgan fingerprint density at radius 2 is 1.96 bits per heavy atom. The Kier molecular flexibility index (Phi) is 5.78. The minimum absolute atomic E-state index is 0.0477. The average molecular weight is 378 g/mol. The molecule has 0 aliphatic carbocycles. The lowest BCUT2D eigenvalue weighted by molar-refractivity contribution is -0.141. The summed E-state index contributed by atoms with van der Waals surface area (Å²) in [5, 5.41) is 6.02. The molecule has 0 amide bonds. The van der Waals surface area contributed by atoms with Crippen molar-refractivity contribution >= 4 is 11.9 Å². The lowest BCUT2D eigenvalue weighted by Gasteiger charge is -2.31. The molecule has 0 atom stereocenters. The van der Waals surface area contributed by atoms with E-state index in [1.54, 1.807) is 7.05 Å². The molecule has 0 bridgehead atoms. The van der Waals surface area contributed by atoms with Crippen molar-refractivity contribution in [2.24, 2.45) is 4.99 Å². The van der Waals surface area contributed by atoms with E-state index >= 15 is 0 Å². The number of alkyl halides is 3. The second kappa shape index (κ2) is 8.24. The standard InChI is InChI=1S/C18H21F3N6/c1-22-17(27-11-7-13-4-2-3-5-14(13)12-27)25-10-9-24-16-23-8-6-15(26-16)18(19,20)21/h2-6,8H,7,9-12H2,1H3,(H,22,25)(H,23,24,26). The minimum atomic E-state index is -4.48. The Morgan fingerprint density at radius 3 is 2.70 bits per heavy atom. The average Bonchev–Trinajstić information content (AvgIpc) is 2.67. The molecule has 0 unspecified atom stereocenters. The van der Waals surface area contributed by atoms with Crippen LogP contribution in [0.4, 0.5) is 19.1 Å². The normalized spacial score (nSPS) is 14.7. The zero-order valence-electron chi connectivity index (χ0n) is 14.9. The maximum absolute atomic E-state index is 12.7. The maximum atomic E-state index is 12.7. The van der Waals surface area contributed by atoms with Crippen LogP contribution in [0.3, 0.4) is 0 Å². The van der Waals surface area contributed by atoms with Crippen molar-refractivity contribution in [3.8, 4) is 0 Å². The third-order valence-electron chi connectivity index (χ3n) is 4.28. The summed E-state index contributed by atoms with van der Waals surface area (Å²) in [5.74, 6) is 0.713. The first-order valence-electron chi connectivity index (χ1n) is 8.64. The summed E-state index contributed by atoms with van der Waals surface area (Å²) >= 11 is 0. The lowest BCUT2D eigenvalue weighted by atomic mass is 10.0. The predicted octanol–water partition coefficient (Wildman–Crippen LogP) is 2.54. The third-order valence-corrected chi connectivity index (χ3v) is 4.28. The van der Waals surface area contributed by atoms with E-state index in [2.05, 4.69) is 42.6 Å². The van der Waals surface area contributed by atoms with Crippen molar-refractivity contribution in [3.63, 3.8) is 0 Å². The van der Waals surface area contributed by atoms with Crippen molar-refractivity contribution in [1.82, 2.24) is 20.2 Å². The highest BCUT2D eigenvalue weighted by Crippen LogP contribution is 2.27. The highest BCUT2D eigenvalue weighted by atomic mass is 19.4. The van der Waals surface area contributed by atoms with Gasteiger partial charge in [-0.3, -0.25) is 4.99 Å². The predicted molar refractivity (Wildman–Crippen MR) is 97.4 cm³/mol. The number of aliphatic imine (C=N–C) groups is 1. The zero-order chi connectivity index (χ0) is 19.3. The summed E-state index contributed by atoms with van der Waals surface area (Å²) < 4.78 is 38.0. The Bertz CT molecular complexity index is 806. The minimum Gasteiger partial charge on any atom is -0.354 e. The van der Waals surface area contributed by atoms with Crippen LogP contribution in [0.5, 0.6) is 0 Å². The summed E-state index contributed by atoms with van der Waals surface area (Å²) in [5.41, 5.74) is 1.67. The molecule has 1 aliphatic heterocycles. The fourth-order valence-corrected chi connectivity index (χ4v) is 2.96. The molecule has 27 heavy (non-hydrogen) atoms. The molecule has 0 spiro atoms. The van der Waals surface area contributed by atoms with E-state index in [4.69, 9.17) is 0 Å². The topological polar surface area (TPSA) is 65.4 Å². The molecule has 0 fully saturated rings. The molecule has 0 saturated heterocycles. The number of benzene rings is 1. The van der Waals surface area contributed by atoms with Crippen LogP contribution in [0.15, 0.2) is 41.5 Å². The Hall–Kier alpha value is -2.84. The van der Waals surface area contributed by atoms with Crippen LogP contribution in [0.2, 0.25) is 0 Å². The van der Waals surface area contributed by atoms with E-state index in [0.717, 1.165) is 37.7 Å². The van der Waals surface area contributed by atoms with Gasteiger partial charge in [0.25, 0.3) is 0 Å². The molecule has 9 heteroatoms. The number of nitrogens with zero attached hydrogens (tertiary/aromatic N) is 4. The fourth-order valence-electron chi connectivity index (χ4n) is 2.96. The maximum Gasteiger partial charge on any atom is 0.433 e. The van der Waals surface area contributed by atoms with Crippen molar-refractivity contribution in [2.45, 2.75) is 19.1 Å². The summed E-state index contributed by atoms with van der Waals surface area (Å²) in [4.78, 5) is 13.7. The Labute approximate surface area is 155 Å². The molecule has 144 valence electrons. The molecule has 6 nitrogen and oxygen atoms in total. The molecule has 1 aliphatic rings. The van der Waals surface area contributed by atoms with Gasteiger partial charge in [0.15, 0.2) is 5.96 Å². The van der Waals surface area contributed by atoms with Crippen molar-refractivity contribution in [3.05, 3.63) is 53.3 Å². The Morgan fingerprint density at radius 1 is 1.19 bits per heavy atom. The molecule has 0 saturated carbocycles. The highest BCUT2D eigenvalue weighted by Gasteiger charge is 2.32. The van der Waals surface area contributed by atoms with Crippen LogP contribution in [0.25, 0.3) is 0 Å². The van der Waals surface area contributed by atoms with Gasteiger partial charge in [0, 0.05) is 39.4 Å². The number of rotatable bonds is 4. The number of aromatic nitrogens is 2.